The van der Waals surface area contributed by atoms with Crippen LogP contribution in [0.2, 0.25) is 0 Å². The Balaban J connectivity index is 2.07. The SMILES string of the molecule is CCCC[C@@H]1NC[C@H](C(=O)C2C[C@H](CNC(=O)CCC)NC(=O)[C@@H]2CCCN=C(N)N)NC1=O. The molecule has 8 N–H and O–H groups in total. The first-order valence-electron chi connectivity index (χ1n) is 12.5. The molecule has 0 aromatic rings. The largest absolute Gasteiger partial charge is 0.370 e. The first-order valence-corrected chi connectivity index (χ1v) is 12.5. The number of amides is 3. The summed E-state index contributed by atoms with van der Waals surface area (Å²) in [5.41, 5.74) is 10.8. The molecule has 2 fully saturated rings. The summed E-state index contributed by atoms with van der Waals surface area (Å²) in [4.78, 5) is 54.9. The van der Waals surface area contributed by atoms with E-state index in [0.29, 0.717) is 38.8 Å². The van der Waals surface area contributed by atoms with Gasteiger partial charge in [0.05, 0.1) is 6.04 Å². The van der Waals surface area contributed by atoms with Crippen LogP contribution < -0.4 is 32.7 Å². The maximum Gasteiger partial charge on any atom is 0.237 e. The number of hydrogen-bond donors (Lipinski definition) is 6. The van der Waals surface area contributed by atoms with Gasteiger partial charge in [0, 0.05) is 43.9 Å². The highest BCUT2D eigenvalue weighted by Gasteiger charge is 2.43. The van der Waals surface area contributed by atoms with Crippen molar-refractivity contribution in [3.63, 3.8) is 0 Å². The Labute approximate surface area is 201 Å². The number of hydrogen-bond acceptors (Lipinski definition) is 6. The number of nitrogens with zero attached hydrogens (tertiary/aromatic N) is 1. The molecule has 1 unspecified atom stereocenters. The second-order valence-electron chi connectivity index (χ2n) is 9.22. The second kappa shape index (κ2) is 13.9. The molecular weight excluding hydrogens is 438 g/mol. The van der Waals surface area contributed by atoms with Crippen LogP contribution in [0, 0.1) is 11.8 Å². The smallest absolute Gasteiger partial charge is 0.237 e. The molecule has 34 heavy (non-hydrogen) atoms. The Morgan fingerprint density at radius 1 is 1.06 bits per heavy atom. The molecule has 0 aromatic carbocycles. The highest BCUT2D eigenvalue weighted by Crippen LogP contribution is 2.29. The summed E-state index contributed by atoms with van der Waals surface area (Å²) in [6, 6.07) is -1.33. The Morgan fingerprint density at radius 3 is 2.47 bits per heavy atom. The van der Waals surface area contributed by atoms with Gasteiger partial charge in [-0.3, -0.25) is 24.2 Å². The predicted octanol–water partition coefficient (Wildman–Crippen LogP) is -0.707. The fourth-order valence-corrected chi connectivity index (χ4v) is 4.62. The summed E-state index contributed by atoms with van der Waals surface area (Å²) < 4.78 is 0. The Hall–Kier alpha value is -2.69. The van der Waals surface area contributed by atoms with Crippen LogP contribution in [-0.4, -0.2) is 67.2 Å². The summed E-state index contributed by atoms with van der Waals surface area (Å²) in [5, 5.41) is 11.8. The van der Waals surface area contributed by atoms with Gasteiger partial charge in [-0.1, -0.05) is 26.7 Å². The summed E-state index contributed by atoms with van der Waals surface area (Å²) in [6.45, 7) is 4.96. The lowest BCUT2D eigenvalue weighted by atomic mass is 9.75. The van der Waals surface area contributed by atoms with Gasteiger partial charge in [-0.15, -0.1) is 0 Å². The van der Waals surface area contributed by atoms with Crippen molar-refractivity contribution >= 4 is 29.5 Å². The molecule has 11 heteroatoms. The third kappa shape index (κ3) is 8.27. The van der Waals surface area contributed by atoms with E-state index in [4.69, 9.17) is 11.5 Å². The molecule has 192 valence electrons. The van der Waals surface area contributed by atoms with E-state index in [9.17, 15) is 19.2 Å². The van der Waals surface area contributed by atoms with Gasteiger partial charge in [0.1, 0.15) is 6.04 Å². The third-order valence-corrected chi connectivity index (χ3v) is 6.45. The number of unbranched alkanes of at least 4 members (excludes halogenated alkanes) is 1. The molecule has 0 aromatic heterocycles. The van der Waals surface area contributed by atoms with Crippen LogP contribution in [0.3, 0.4) is 0 Å². The first kappa shape index (κ1) is 27.6. The lowest BCUT2D eigenvalue weighted by molar-refractivity contribution is -0.141. The summed E-state index contributed by atoms with van der Waals surface area (Å²) in [6.07, 6.45) is 5.17. The van der Waals surface area contributed by atoms with Gasteiger partial charge in [0.25, 0.3) is 0 Å². The van der Waals surface area contributed by atoms with Gasteiger partial charge >= 0.3 is 0 Å². The number of Topliss-reactive ketones (excluding diaryl/α,β-unsaturated/α-hetero) is 1. The summed E-state index contributed by atoms with van der Waals surface area (Å²) in [7, 11) is 0. The Morgan fingerprint density at radius 2 is 1.82 bits per heavy atom. The van der Waals surface area contributed by atoms with E-state index in [1.165, 1.54) is 0 Å². The van der Waals surface area contributed by atoms with Gasteiger partial charge < -0.3 is 32.7 Å². The maximum atomic E-state index is 13.5. The highest BCUT2D eigenvalue weighted by atomic mass is 16.2. The molecule has 5 atom stereocenters. The van der Waals surface area contributed by atoms with Crippen LogP contribution in [0.15, 0.2) is 4.99 Å². The number of piperazine rings is 1. The Bertz CT molecular complexity index is 754. The molecule has 11 nitrogen and oxygen atoms in total. The molecule has 2 rings (SSSR count). The van der Waals surface area contributed by atoms with Crippen LogP contribution >= 0.6 is 0 Å². The number of nitrogens with one attached hydrogen (secondary N) is 4. The van der Waals surface area contributed by atoms with Crippen molar-refractivity contribution in [1.29, 1.82) is 0 Å². The number of guanidine groups is 1. The van der Waals surface area contributed by atoms with Gasteiger partial charge in [-0.25, -0.2) is 0 Å². The molecule has 2 aliphatic rings. The summed E-state index contributed by atoms with van der Waals surface area (Å²) >= 11 is 0. The second-order valence-corrected chi connectivity index (χ2v) is 9.22. The van der Waals surface area contributed by atoms with Crippen molar-refractivity contribution in [2.24, 2.45) is 28.3 Å². The van der Waals surface area contributed by atoms with Gasteiger partial charge in [-0.05, 0) is 32.1 Å². The third-order valence-electron chi connectivity index (χ3n) is 6.45. The topological polar surface area (TPSA) is 181 Å². The van der Waals surface area contributed by atoms with E-state index in [1.54, 1.807) is 0 Å². The van der Waals surface area contributed by atoms with Crippen molar-refractivity contribution in [3.8, 4) is 0 Å². The van der Waals surface area contributed by atoms with Crippen LogP contribution in [0.25, 0.3) is 0 Å². The van der Waals surface area contributed by atoms with Crippen molar-refractivity contribution in [2.75, 3.05) is 19.6 Å². The quantitative estimate of drug-likeness (QED) is 0.115. The van der Waals surface area contributed by atoms with Crippen molar-refractivity contribution in [1.82, 2.24) is 21.3 Å². The fraction of sp³-hybridized carbons (Fsp3) is 0.783. The Kier molecular flexibility index (Phi) is 11.2. The number of carbonyl (C=O) groups is 4. The zero-order chi connectivity index (χ0) is 25.1. The van der Waals surface area contributed by atoms with Crippen LogP contribution in [0.1, 0.15) is 65.2 Å². The van der Waals surface area contributed by atoms with E-state index in [0.717, 1.165) is 25.7 Å². The number of piperidine rings is 1. The average molecular weight is 480 g/mol. The first-order chi connectivity index (χ1) is 16.3. The van der Waals surface area contributed by atoms with Gasteiger partial charge in [0.15, 0.2) is 11.7 Å². The van der Waals surface area contributed by atoms with E-state index < -0.39 is 17.9 Å². The normalized spacial score (nSPS) is 26.8. The zero-order valence-electron chi connectivity index (χ0n) is 20.4. The van der Waals surface area contributed by atoms with Crippen molar-refractivity contribution in [3.05, 3.63) is 0 Å². The minimum atomic E-state index is -0.684. The fourth-order valence-electron chi connectivity index (χ4n) is 4.62. The summed E-state index contributed by atoms with van der Waals surface area (Å²) in [5.74, 6) is -1.76. The van der Waals surface area contributed by atoms with E-state index >= 15 is 0 Å². The molecule has 2 aliphatic heterocycles. The van der Waals surface area contributed by atoms with Crippen molar-refractivity contribution in [2.45, 2.75) is 83.3 Å². The van der Waals surface area contributed by atoms with Gasteiger partial charge in [-0.2, -0.15) is 0 Å². The molecular formula is C23H41N7O4. The molecule has 0 radical (unpaired) electrons. The highest BCUT2D eigenvalue weighted by molar-refractivity contribution is 5.97. The maximum absolute atomic E-state index is 13.5. The predicted molar refractivity (Wildman–Crippen MR) is 130 cm³/mol. The average Bonchev–Trinajstić information content (AvgIpc) is 2.80. The monoisotopic (exact) mass is 479 g/mol. The standard InChI is InChI=1S/C23H41N7O4/c1-3-5-9-17-22(34)30-18(13-27-17)20(32)16-11-14(12-28-19(31)7-4-2)29-21(33)15(16)8-6-10-26-23(24)25/h14-18,27H,3-13H2,1-2H3,(H,28,31)(H,29,33)(H,30,34)(H4,24,25,26)/t14-,15-,16?,17+,18-/m1/s1. The molecule has 0 bridgehead atoms. The van der Waals surface area contributed by atoms with Crippen LogP contribution in [-0.2, 0) is 19.2 Å². The van der Waals surface area contributed by atoms with E-state index in [-0.39, 0.29) is 48.1 Å². The van der Waals surface area contributed by atoms with Crippen LogP contribution in [0.5, 0.6) is 0 Å². The van der Waals surface area contributed by atoms with E-state index in [1.807, 2.05) is 6.92 Å². The van der Waals surface area contributed by atoms with E-state index in [2.05, 4.69) is 33.2 Å². The lowest BCUT2D eigenvalue weighted by Crippen LogP contribution is -2.63. The minimum Gasteiger partial charge on any atom is -0.370 e. The zero-order valence-corrected chi connectivity index (χ0v) is 20.4. The molecule has 3 amide bonds. The number of ketones is 1. The van der Waals surface area contributed by atoms with Crippen molar-refractivity contribution < 1.29 is 19.2 Å². The molecule has 0 aliphatic carbocycles. The number of nitrogens with two attached hydrogens (primary N) is 2. The van der Waals surface area contributed by atoms with Gasteiger partial charge in [0.2, 0.25) is 17.7 Å². The lowest BCUT2D eigenvalue weighted by Gasteiger charge is -2.38. The molecule has 2 heterocycles. The number of aliphatic imine (C=N–C) groups is 1. The number of rotatable bonds is 13. The molecule has 2 saturated heterocycles. The minimum absolute atomic E-state index is 0.0165. The van der Waals surface area contributed by atoms with Crippen LogP contribution in [0.4, 0.5) is 0 Å². The number of carbonyl (C=O) groups excluding carboxylic acids is 4. The molecule has 0 spiro atoms. The molecule has 0 saturated carbocycles.